The van der Waals surface area contributed by atoms with Gasteiger partial charge < -0.3 is 30.4 Å². The third-order valence-corrected chi connectivity index (χ3v) is 12.6. The normalized spacial score (nSPS) is 24.4. The summed E-state index contributed by atoms with van der Waals surface area (Å²) < 4.78 is 17.7. The lowest BCUT2D eigenvalue weighted by atomic mass is 9.65. The molecule has 4 aromatic rings. The van der Waals surface area contributed by atoms with Gasteiger partial charge in [0, 0.05) is 11.1 Å². The predicted octanol–water partition coefficient (Wildman–Crippen LogP) is 5.97. The van der Waals surface area contributed by atoms with Crippen molar-refractivity contribution in [2.75, 3.05) is 25.2 Å². The molecule has 1 aliphatic carbocycles. The molecule has 13 heteroatoms. The Morgan fingerprint density at radius 1 is 0.921 bits per heavy atom. The van der Waals surface area contributed by atoms with Crippen molar-refractivity contribution in [3.05, 3.63) is 143 Å². The summed E-state index contributed by atoms with van der Waals surface area (Å²) in [7, 11) is 1.21. The molecule has 0 radical (unpaired) electrons. The highest BCUT2D eigenvalue weighted by Gasteiger charge is 2.75. The van der Waals surface area contributed by atoms with Crippen LogP contribution >= 0.6 is 0 Å². The number of allylic oxidation sites excluding steroid dienone is 2. The van der Waals surface area contributed by atoms with Gasteiger partial charge in [-0.25, -0.2) is 14.5 Å². The maximum Gasteiger partial charge on any atom is 0.329 e. The van der Waals surface area contributed by atoms with Crippen LogP contribution < -0.4 is 20.7 Å². The number of anilines is 1. The predicted molar refractivity (Wildman–Crippen MR) is 233 cm³/mol. The molecule has 0 unspecified atom stereocenters. The molecule has 3 aliphatic heterocycles. The van der Waals surface area contributed by atoms with Crippen molar-refractivity contribution in [1.29, 1.82) is 0 Å². The molecule has 63 heavy (non-hydrogen) atoms. The Kier molecular flexibility index (Phi) is 12.2. The van der Waals surface area contributed by atoms with Gasteiger partial charge in [0.15, 0.2) is 0 Å². The summed E-state index contributed by atoms with van der Waals surface area (Å²) in [6, 6.07) is 24.8. The van der Waals surface area contributed by atoms with Crippen LogP contribution in [0, 0.1) is 23.7 Å². The summed E-state index contributed by atoms with van der Waals surface area (Å²) in [5.74, 6) is 1.38. The largest absolute Gasteiger partial charge is 0.491 e. The van der Waals surface area contributed by atoms with E-state index in [-0.39, 0.29) is 30.2 Å². The average molecular weight is 851 g/mol. The monoisotopic (exact) mass is 850 g/mol. The van der Waals surface area contributed by atoms with Crippen LogP contribution in [0.3, 0.4) is 0 Å². The third-order valence-electron chi connectivity index (χ3n) is 12.6. The number of urea groups is 1. The Labute approximate surface area is 366 Å². The van der Waals surface area contributed by atoms with Crippen LogP contribution in [0.2, 0.25) is 0 Å². The van der Waals surface area contributed by atoms with E-state index in [0.29, 0.717) is 22.3 Å². The molecule has 13 nitrogen and oxygen atoms in total. The molecule has 324 valence electrons. The van der Waals surface area contributed by atoms with Gasteiger partial charge in [0.1, 0.15) is 36.0 Å². The smallest absolute Gasteiger partial charge is 0.329 e. The van der Waals surface area contributed by atoms with Crippen molar-refractivity contribution in [2.45, 2.75) is 75.2 Å². The van der Waals surface area contributed by atoms with E-state index >= 15 is 9.59 Å². The molecule has 4 N–H and O–H groups in total. The number of cyclic esters (lactones) is 1. The summed E-state index contributed by atoms with van der Waals surface area (Å²) in [6.45, 7) is 3.01. The molecule has 4 amide bonds. The number of nitrogens with one attached hydrogen (secondary N) is 1. The Morgan fingerprint density at radius 2 is 1.62 bits per heavy atom. The molecule has 8 rings (SSSR count). The number of para-hydroxylation sites is 1. The Hall–Kier alpha value is -6.75. The van der Waals surface area contributed by atoms with E-state index < -0.39 is 77.3 Å². The fraction of sp³-hybridized carbons (Fsp3) is 0.340. The third kappa shape index (κ3) is 7.53. The first-order chi connectivity index (χ1) is 30.5. The highest BCUT2D eigenvalue weighted by atomic mass is 16.6. The highest BCUT2D eigenvalue weighted by Crippen LogP contribution is 2.66. The van der Waals surface area contributed by atoms with Gasteiger partial charge in [-0.2, -0.15) is 0 Å². The standard InChI is InChI=1S/C50H50N4O9/c1-30(2)40(46(57)61-3)52-49(60)53-37-26-25-32(24-23-31-15-7-4-8-16-31)29-36(37)50(48(53)59)39(45(51)56)42-47(58)63-43(34-19-11-6-12-20-34)41(33-17-9-5-10-18-33)54(42)44(50)35-21-13-14-22-38(35)62-28-27-55/h5-6,9-15,17-22,25-26,29-30,39-44,55H,4,7-8,16,27-28H2,1-3H3,(H2,51,56)(H,52,60)/t39-,40-,41-,42-,43+,44+,50-/m0/s1. The second-order valence-electron chi connectivity index (χ2n) is 16.6. The fourth-order valence-corrected chi connectivity index (χ4v) is 9.91. The number of nitrogens with zero attached hydrogens (tertiary/aromatic N) is 2. The molecule has 0 saturated carbocycles. The van der Waals surface area contributed by atoms with Gasteiger partial charge in [-0.3, -0.25) is 19.3 Å². The van der Waals surface area contributed by atoms with Crippen molar-refractivity contribution in [1.82, 2.24) is 10.2 Å². The van der Waals surface area contributed by atoms with E-state index in [1.165, 1.54) is 7.11 Å². The number of methoxy groups -OCH3 is 1. The minimum Gasteiger partial charge on any atom is -0.491 e. The van der Waals surface area contributed by atoms with Crippen molar-refractivity contribution < 1.29 is 43.3 Å². The number of hydrogen-bond acceptors (Lipinski definition) is 10. The van der Waals surface area contributed by atoms with Gasteiger partial charge >= 0.3 is 18.0 Å². The van der Waals surface area contributed by atoms with Crippen LogP contribution in [0.5, 0.6) is 5.75 Å². The molecule has 0 aromatic heterocycles. The first-order valence-corrected chi connectivity index (χ1v) is 21.3. The van der Waals surface area contributed by atoms with Crippen molar-refractivity contribution >= 4 is 35.5 Å². The number of imide groups is 1. The van der Waals surface area contributed by atoms with Gasteiger partial charge in [-0.05, 0) is 78.1 Å². The van der Waals surface area contributed by atoms with E-state index in [1.807, 2.05) is 65.6 Å². The van der Waals surface area contributed by atoms with Crippen LogP contribution in [-0.4, -0.2) is 72.2 Å². The Morgan fingerprint density at radius 3 is 2.27 bits per heavy atom. The highest BCUT2D eigenvalue weighted by molar-refractivity contribution is 6.25. The Bertz CT molecular complexity index is 2510. The number of benzene rings is 4. The van der Waals surface area contributed by atoms with Crippen LogP contribution in [0.1, 0.15) is 85.5 Å². The second-order valence-corrected chi connectivity index (χ2v) is 16.6. The van der Waals surface area contributed by atoms with Crippen LogP contribution in [0.15, 0.2) is 115 Å². The van der Waals surface area contributed by atoms with Gasteiger partial charge in [0.05, 0.1) is 37.4 Å². The van der Waals surface area contributed by atoms with E-state index in [2.05, 4.69) is 23.2 Å². The van der Waals surface area contributed by atoms with Crippen LogP contribution in [0.25, 0.3) is 0 Å². The van der Waals surface area contributed by atoms with Gasteiger partial charge in [0.25, 0.3) is 0 Å². The number of rotatable bonds is 10. The summed E-state index contributed by atoms with van der Waals surface area (Å²) >= 11 is 0. The molecule has 4 aromatic carbocycles. The zero-order chi connectivity index (χ0) is 44.4. The summed E-state index contributed by atoms with van der Waals surface area (Å²) in [6.07, 6.45) is 4.99. The zero-order valence-corrected chi connectivity index (χ0v) is 35.4. The Balaban J connectivity index is 1.45. The number of amides is 4. The van der Waals surface area contributed by atoms with Crippen LogP contribution in [-0.2, 0) is 34.1 Å². The number of nitrogens with two attached hydrogens (primary N) is 1. The second kappa shape index (κ2) is 17.9. The lowest BCUT2D eigenvalue weighted by Gasteiger charge is -2.46. The molecular formula is C50H50N4O9. The lowest BCUT2D eigenvalue weighted by Crippen LogP contribution is -2.57. The molecule has 1 spiro atoms. The maximum absolute atomic E-state index is 16.2. The fourth-order valence-electron chi connectivity index (χ4n) is 9.91. The summed E-state index contributed by atoms with van der Waals surface area (Å²) in [5.41, 5.74) is 7.97. The number of esters is 2. The number of carbonyl (C=O) groups excluding carboxylic acids is 5. The van der Waals surface area contributed by atoms with Crippen molar-refractivity contribution in [3.63, 3.8) is 0 Å². The molecule has 4 aliphatic rings. The number of fused-ring (bicyclic) bond motifs is 3. The lowest BCUT2D eigenvalue weighted by molar-refractivity contribution is -0.178. The van der Waals surface area contributed by atoms with E-state index in [9.17, 15) is 19.5 Å². The van der Waals surface area contributed by atoms with Gasteiger partial charge in [-0.15, -0.1) is 0 Å². The average Bonchev–Trinajstić information content (AvgIpc) is 3.76. The molecule has 0 bridgehead atoms. The topological polar surface area (TPSA) is 178 Å². The van der Waals surface area contributed by atoms with E-state index in [0.717, 1.165) is 36.2 Å². The zero-order valence-electron chi connectivity index (χ0n) is 35.4. The number of aliphatic hydroxyl groups excluding tert-OH is 1. The minimum atomic E-state index is -2.13. The number of morpholine rings is 1. The number of aliphatic hydroxyl groups is 1. The number of ether oxygens (including phenoxy) is 3. The first kappa shape index (κ1) is 42.9. The molecule has 2 saturated heterocycles. The summed E-state index contributed by atoms with van der Waals surface area (Å²) in [4.78, 5) is 76.5. The molecule has 2 fully saturated rings. The number of primary amides is 1. The molecular weight excluding hydrogens is 801 g/mol. The number of carbonyl (C=O) groups is 5. The first-order valence-electron chi connectivity index (χ1n) is 21.3. The van der Waals surface area contributed by atoms with Crippen molar-refractivity contribution in [3.8, 4) is 17.6 Å². The minimum absolute atomic E-state index is 0.112. The van der Waals surface area contributed by atoms with Gasteiger partial charge in [-0.1, -0.05) is 111 Å². The SMILES string of the molecule is COC(=O)[C@@H](NC(=O)N1C(=O)[C@@]2(c3cc(C#CC4=CCCCC4)ccc31)[C@H](C(N)=O)[C@H]1C(=O)O[C@H](c3ccccc3)[C@H](c3ccccc3)N1[C@@H]2c1ccccc1OCCO)C(C)C. The number of hydrogen-bond donors (Lipinski definition) is 3. The van der Waals surface area contributed by atoms with Gasteiger partial charge in [0.2, 0.25) is 11.8 Å². The molecule has 7 atom stereocenters. The van der Waals surface area contributed by atoms with Crippen LogP contribution in [0.4, 0.5) is 10.5 Å². The maximum atomic E-state index is 16.2. The molecule has 3 heterocycles. The van der Waals surface area contributed by atoms with E-state index in [4.69, 9.17) is 19.9 Å². The van der Waals surface area contributed by atoms with Crippen molar-refractivity contribution in [2.24, 2.45) is 17.6 Å². The summed E-state index contributed by atoms with van der Waals surface area (Å²) in [5, 5.41) is 12.7. The quantitative estimate of drug-likeness (QED) is 0.127. The van der Waals surface area contributed by atoms with E-state index in [1.54, 1.807) is 56.3 Å².